The molecular formula is C19H15FN4O4S. The first-order chi connectivity index (χ1) is 13.9. The second-order valence-electron chi connectivity index (χ2n) is 5.75. The summed E-state index contributed by atoms with van der Waals surface area (Å²) >= 11 is 0. The molecule has 3 aromatic rings. The molecule has 1 aromatic heterocycles. The Bertz CT molecular complexity index is 1140. The lowest BCUT2D eigenvalue weighted by atomic mass is 10.2. The highest BCUT2D eigenvalue weighted by Crippen LogP contribution is 2.19. The van der Waals surface area contributed by atoms with E-state index in [1.165, 1.54) is 67.0 Å². The molecule has 0 saturated heterocycles. The van der Waals surface area contributed by atoms with E-state index in [0.29, 0.717) is 5.56 Å². The van der Waals surface area contributed by atoms with Gasteiger partial charge in [-0.15, -0.1) is 0 Å². The minimum Gasteiger partial charge on any atom is -0.277 e. The zero-order chi connectivity index (χ0) is 20.9. The Kier molecular flexibility index (Phi) is 5.84. The number of carbonyl (C=O) groups is 2. The summed E-state index contributed by atoms with van der Waals surface area (Å²) < 4.78 is 40.5. The van der Waals surface area contributed by atoms with Crippen molar-refractivity contribution in [2.24, 2.45) is 0 Å². The average Bonchev–Trinajstić information content (AvgIpc) is 2.74. The third kappa shape index (κ3) is 4.93. The smallest absolute Gasteiger partial charge is 0.269 e. The second kappa shape index (κ2) is 8.48. The number of nitrogens with one attached hydrogen (secondary N) is 3. The van der Waals surface area contributed by atoms with Crippen LogP contribution >= 0.6 is 0 Å². The molecule has 2 amide bonds. The number of hydrogen-bond donors (Lipinski definition) is 3. The van der Waals surface area contributed by atoms with Gasteiger partial charge in [0.15, 0.2) is 0 Å². The summed E-state index contributed by atoms with van der Waals surface area (Å²) in [5.74, 6) is -1.88. The van der Waals surface area contributed by atoms with Crippen LogP contribution in [0.5, 0.6) is 0 Å². The number of aromatic nitrogens is 1. The molecule has 0 bridgehead atoms. The number of para-hydroxylation sites is 1. The lowest BCUT2D eigenvalue weighted by Crippen LogP contribution is -2.41. The predicted octanol–water partition coefficient (Wildman–Crippen LogP) is 2.10. The van der Waals surface area contributed by atoms with Crippen LogP contribution in [0.4, 0.5) is 10.1 Å². The van der Waals surface area contributed by atoms with Crippen LogP contribution in [0.3, 0.4) is 0 Å². The van der Waals surface area contributed by atoms with E-state index >= 15 is 0 Å². The van der Waals surface area contributed by atoms with Gasteiger partial charge in [0.05, 0.1) is 10.6 Å². The minimum atomic E-state index is -4.04. The maximum Gasteiger partial charge on any atom is 0.269 e. The highest BCUT2D eigenvalue weighted by atomic mass is 32.2. The van der Waals surface area contributed by atoms with Crippen molar-refractivity contribution in [1.29, 1.82) is 0 Å². The molecule has 8 nitrogen and oxygen atoms in total. The number of amides is 2. The van der Waals surface area contributed by atoms with Gasteiger partial charge < -0.3 is 0 Å². The Labute approximate surface area is 165 Å². The predicted molar refractivity (Wildman–Crippen MR) is 103 cm³/mol. The van der Waals surface area contributed by atoms with Crippen LogP contribution < -0.4 is 15.6 Å². The van der Waals surface area contributed by atoms with E-state index in [1.807, 2.05) is 0 Å². The number of benzene rings is 2. The largest absolute Gasteiger partial charge is 0.277 e. The van der Waals surface area contributed by atoms with Gasteiger partial charge in [0.25, 0.3) is 21.8 Å². The zero-order valence-corrected chi connectivity index (χ0v) is 15.6. The van der Waals surface area contributed by atoms with Gasteiger partial charge in [-0.25, -0.2) is 12.8 Å². The molecule has 10 heteroatoms. The average molecular weight is 414 g/mol. The van der Waals surface area contributed by atoms with Crippen molar-refractivity contribution in [3.63, 3.8) is 0 Å². The number of halogens is 1. The van der Waals surface area contributed by atoms with Gasteiger partial charge in [0.2, 0.25) is 0 Å². The van der Waals surface area contributed by atoms with Crippen molar-refractivity contribution in [2.45, 2.75) is 4.90 Å². The Morgan fingerprint density at radius 2 is 1.34 bits per heavy atom. The van der Waals surface area contributed by atoms with Crippen molar-refractivity contribution in [2.75, 3.05) is 4.72 Å². The maximum absolute atomic E-state index is 13.7. The fraction of sp³-hybridized carbons (Fsp3) is 0. The Balaban J connectivity index is 1.65. The van der Waals surface area contributed by atoms with Crippen LogP contribution in [0.25, 0.3) is 0 Å². The van der Waals surface area contributed by atoms with Crippen molar-refractivity contribution in [1.82, 2.24) is 15.8 Å². The van der Waals surface area contributed by atoms with Gasteiger partial charge in [-0.05, 0) is 48.5 Å². The lowest BCUT2D eigenvalue weighted by molar-refractivity contribution is 0.0846. The first-order valence-corrected chi connectivity index (χ1v) is 9.73. The van der Waals surface area contributed by atoms with E-state index in [0.717, 1.165) is 6.07 Å². The molecule has 0 aliphatic rings. The molecule has 148 valence electrons. The highest BCUT2D eigenvalue weighted by molar-refractivity contribution is 7.92. The third-order valence-corrected chi connectivity index (χ3v) is 5.16. The van der Waals surface area contributed by atoms with Crippen LogP contribution in [0.2, 0.25) is 0 Å². The summed E-state index contributed by atoms with van der Waals surface area (Å²) in [6.07, 6.45) is 2.87. The number of hydrazine groups is 1. The molecule has 0 spiro atoms. The van der Waals surface area contributed by atoms with Crippen molar-refractivity contribution in [3.05, 3.63) is 90.0 Å². The standard InChI is InChI=1S/C19H15FN4O4S/c20-16-3-1-2-4-17(16)24-29(27,28)15-7-5-13(6-8-15)18(25)22-23-19(26)14-9-11-21-12-10-14/h1-12,24H,(H,22,25)(H,23,26). The monoisotopic (exact) mass is 414 g/mol. The number of carbonyl (C=O) groups excluding carboxylic acids is 2. The van der Waals surface area contributed by atoms with Gasteiger partial charge in [-0.1, -0.05) is 12.1 Å². The first kappa shape index (κ1) is 20.0. The third-order valence-electron chi connectivity index (χ3n) is 3.78. The summed E-state index contributed by atoms with van der Waals surface area (Å²) in [5, 5.41) is 0. The van der Waals surface area contributed by atoms with Gasteiger partial charge >= 0.3 is 0 Å². The van der Waals surface area contributed by atoms with Crippen LogP contribution in [-0.4, -0.2) is 25.2 Å². The molecule has 0 fully saturated rings. The summed E-state index contributed by atoms with van der Waals surface area (Å²) in [5.41, 5.74) is 4.71. The van der Waals surface area contributed by atoms with Crippen LogP contribution in [0.15, 0.2) is 78.0 Å². The molecule has 3 rings (SSSR count). The molecule has 0 saturated carbocycles. The van der Waals surface area contributed by atoms with E-state index < -0.39 is 27.7 Å². The van der Waals surface area contributed by atoms with E-state index in [-0.39, 0.29) is 16.1 Å². The van der Waals surface area contributed by atoms with E-state index in [2.05, 4.69) is 20.6 Å². The molecule has 0 aliphatic heterocycles. The molecule has 0 unspecified atom stereocenters. The van der Waals surface area contributed by atoms with E-state index in [1.54, 1.807) is 0 Å². The normalized spacial score (nSPS) is 10.8. The van der Waals surface area contributed by atoms with Crippen LogP contribution in [0.1, 0.15) is 20.7 Å². The second-order valence-corrected chi connectivity index (χ2v) is 7.44. The first-order valence-electron chi connectivity index (χ1n) is 8.25. The maximum atomic E-state index is 13.7. The molecule has 29 heavy (non-hydrogen) atoms. The quantitative estimate of drug-likeness (QED) is 0.553. The van der Waals surface area contributed by atoms with E-state index in [4.69, 9.17) is 0 Å². The number of sulfonamides is 1. The van der Waals surface area contributed by atoms with Gasteiger partial charge in [0, 0.05) is 23.5 Å². The SMILES string of the molecule is O=C(NNC(=O)c1ccc(S(=O)(=O)Nc2ccccc2F)cc1)c1ccncc1. The molecule has 0 radical (unpaired) electrons. The zero-order valence-electron chi connectivity index (χ0n) is 14.8. The Morgan fingerprint density at radius 1 is 0.793 bits per heavy atom. The molecule has 0 atom stereocenters. The number of pyridine rings is 1. The molecule has 3 N–H and O–H groups in total. The van der Waals surface area contributed by atoms with Crippen molar-refractivity contribution in [3.8, 4) is 0 Å². The molecule has 0 aliphatic carbocycles. The summed E-state index contributed by atoms with van der Waals surface area (Å²) in [6, 6.07) is 13.2. The lowest BCUT2D eigenvalue weighted by Gasteiger charge is -2.10. The number of hydrogen-bond acceptors (Lipinski definition) is 5. The van der Waals surface area contributed by atoms with Gasteiger partial charge in [0.1, 0.15) is 5.82 Å². The van der Waals surface area contributed by atoms with Crippen LogP contribution in [-0.2, 0) is 10.0 Å². The summed E-state index contributed by atoms with van der Waals surface area (Å²) in [6.45, 7) is 0. The molecule has 1 heterocycles. The van der Waals surface area contributed by atoms with Gasteiger partial charge in [-0.2, -0.15) is 0 Å². The fourth-order valence-corrected chi connectivity index (χ4v) is 3.36. The minimum absolute atomic E-state index is 0.116. The van der Waals surface area contributed by atoms with E-state index in [9.17, 15) is 22.4 Å². The summed E-state index contributed by atoms with van der Waals surface area (Å²) in [4.78, 5) is 27.7. The number of nitrogens with zero attached hydrogens (tertiary/aromatic N) is 1. The molecule has 2 aromatic carbocycles. The highest BCUT2D eigenvalue weighted by Gasteiger charge is 2.17. The fourth-order valence-electron chi connectivity index (χ4n) is 2.29. The summed E-state index contributed by atoms with van der Waals surface area (Å²) in [7, 11) is -4.04. The van der Waals surface area contributed by atoms with Crippen molar-refractivity contribution < 1.29 is 22.4 Å². The number of rotatable bonds is 5. The Hall–Kier alpha value is -3.79. The van der Waals surface area contributed by atoms with Crippen molar-refractivity contribution >= 4 is 27.5 Å². The molecular weight excluding hydrogens is 399 g/mol. The topological polar surface area (TPSA) is 117 Å². The van der Waals surface area contributed by atoms with Crippen LogP contribution in [0, 0.1) is 5.82 Å². The Morgan fingerprint density at radius 3 is 1.93 bits per heavy atom. The van der Waals surface area contributed by atoms with Gasteiger partial charge in [-0.3, -0.25) is 30.1 Å². The number of anilines is 1.